The number of hydrogen-bond donors (Lipinski definition) is 2. The molecule has 2 aromatic carbocycles. The van der Waals surface area contributed by atoms with E-state index >= 15 is 0 Å². The van der Waals surface area contributed by atoms with Crippen molar-refractivity contribution in [1.29, 1.82) is 0 Å². The van der Waals surface area contributed by atoms with E-state index in [1.807, 2.05) is 54.6 Å². The molecule has 0 unspecified atom stereocenters. The van der Waals surface area contributed by atoms with Gasteiger partial charge in [-0.05, 0) is 36.1 Å². The molecule has 0 aliphatic heterocycles. The van der Waals surface area contributed by atoms with Crippen molar-refractivity contribution < 1.29 is 14.3 Å². The van der Waals surface area contributed by atoms with Crippen LogP contribution in [0.25, 0.3) is 0 Å². The smallest absolute Gasteiger partial charge is 0.240 e. The van der Waals surface area contributed by atoms with Gasteiger partial charge in [0.05, 0.1) is 0 Å². The molecule has 0 spiro atoms. The van der Waals surface area contributed by atoms with Crippen LogP contribution >= 0.6 is 0 Å². The summed E-state index contributed by atoms with van der Waals surface area (Å²) in [6.07, 6.45) is 2.14. The molecular weight excluding hydrogens is 316 g/mol. The lowest BCUT2D eigenvalue weighted by molar-refractivity contribution is -0.128. The number of primary amides is 1. The number of amides is 2. The van der Waals surface area contributed by atoms with Crippen LogP contribution < -0.4 is 15.8 Å². The third-order valence-corrected chi connectivity index (χ3v) is 4.19. The fourth-order valence-corrected chi connectivity index (χ4v) is 2.60. The Morgan fingerprint density at radius 2 is 1.80 bits per heavy atom. The summed E-state index contributed by atoms with van der Waals surface area (Å²) in [7, 11) is 0. The van der Waals surface area contributed by atoms with Crippen molar-refractivity contribution in [3.05, 3.63) is 65.7 Å². The summed E-state index contributed by atoms with van der Waals surface area (Å²) >= 11 is 0. The molecular formula is C20H22N2O3. The van der Waals surface area contributed by atoms with Crippen LogP contribution in [0.5, 0.6) is 5.75 Å². The van der Waals surface area contributed by atoms with Gasteiger partial charge in [-0.25, -0.2) is 0 Å². The minimum absolute atomic E-state index is 0.0439. The minimum atomic E-state index is -0.697. The monoisotopic (exact) mass is 338 g/mol. The van der Waals surface area contributed by atoms with Gasteiger partial charge in [-0.1, -0.05) is 42.5 Å². The van der Waals surface area contributed by atoms with Crippen LogP contribution in [0.4, 0.5) is 0 Å². The van der Waals surface area contributed by atoms with Gasteiger partial charge in [0, 0.05) is 12.3 Å². The highest BCUT2D eigenvalue weighted by Gasteiger charge is 2.32. The molecule has 1 saturated carbocycles. The zero-order chi connectivity index (χ0) is 17.6. The molecule has 130 valence electrons. The SMILES string of the molecule is NC(=O)[C@@H](Cc1cccc(OCc2ccccc2)c1)NC(=O)C1CC1. The minimum Gasteiger partial charge on any atom is -0.489 e. The standard InChI is InChI=1S/C20H22N2O3/c21-19(23)18(22-20(24)16-9-10-16)12-15-7-4-8-17(11-15)25-13-14-5-2-1-3-6-14/h1-8,11,16,18H,9-10,12-13H2,(H2,21,23)(H,22,24)/t18-/m1/s1. The Balaban J connectivity index is 1.61. The second kappa shape index (κ2) is 7.83. The quantitative estimate of drug-likeness (QED) is 0.774. The first-order valence-electron chi connectivity index (χ1n) is 8.47. The van der Waals surface area contributed by atoms with Gasteiger partial charge in [0.1, 0.15) is 18.4 Å². The van der Waals surface area contributed by atoms with Gasteiger partial charge in [-0.15, -0.1) is 0 Å². The van der Waals surface area contributed by atoms with Gasteiger partial charge < -0.3 is 15.8 Å². The number of carbonyl (C=O) groups is 2. The molecule has 3 rings (SSSR count). The van der Waals surface area contributed by atoms with Crippen molar-refractivity contribution in [2.24, 2.45) is 11.7 Å². The summed E-state index contributed by atoms with van der Waals surface area (Å²) in [6.45, 7) is 0.474. The maximum atomic E-state index is 11.9. The first-order valence-corrected chi connectivity index (χ1v) is 8.47. The molecule has 0 radical (unpaired) electrons. The fraction of sp³-hybridized carbons (Fsp3) is 0.300. The zero-order valence-electron chi connectivity index (χ0n) is 14.0. The predicted octanol–water partition coefficient (Wildman–Crippen LogP) is 2.19. The number of nitrogens with one attached hydrogen (secondary N) is 1. The van der Waals surface area contributed by atoms with Gasteiger partial charge >= 0.3 is 0 Å². The van der Waals surface area contributed by atoms with Gasteiger partial charge in [-0.2, -0.15) is 0 Å². The Morgan fingerprint density at radius 1 is 1.08 bits per heavy atom. The van der Waals surface area contributed by atoms with Crippen LogP contribution in [0.2, 0.25) is 0 Å². The van der Waals surface area contributed by atoms with Crippen molar-refractivity contribution in [3.63, 3.8) is 0 Å². The highest BCUT2D eigenvalue weighted by Crippen LogP contribution is 2.29. The van der Waals surface area contributed by atoms with E-state index in [2.05, 4.69) is 5.32 Å². The van der Waals surface area contributed by atoms with Crippen molar-refractivity contribution in [3.8, 4) is 5.75 Å². The van der Waals surface area contributed by atoms with Crippen molar-refractivity contribution in [2.75, 3.05) is 0 Å². The van der Waals surface area contributed by atoms with E-state index in [9.17, 15) is 9.59 Å². The average Bonchev–Trinajstić information content (AvgIpc) is 3.46. The lowest BCUT2D eigenvalue weighted by atomic mass is 10.0. The number of nitrogens with two attached hydrogens (primary N) is 1. The summed E-state index contributed by atoms with van der Waals surface area (Å²) in [5, 5.41) is 2.75. The zero-order valence-corrected chi connectivity index (χ0v) is 14.0. The molecule has 1 atom stereocenters. The highest BCUT2D eigenvalue weighted by molar-refractivity contribution is 5.88. The topological polar surface area (TPSA) is 81.4 Å². The summed E-state index contributed by atoms with van der Waals surface area (Å²) < 4.78 is 5.80. The van der Waals surface area contributed by atoms with Crippen molar-refractivity contribution in [2.45, 2.75) is 31.9 Å². The maximum Gasteiger partial charge on any atom is 0.240 e. The second-order valence-electron chi connectivity index (χ2n) is 6.36. The van der Waals surface area contributed by atoms with Gasteiger partial charge in [0.25, 0.3) is 0 Å². The lowest BCUT2D eigenvalue weighted by Crippen LogP contribution is -2.46. The lowest BCUT2D eigenvalue weighted by Gasteiger charge is -2.16. The Bertz CT molecular complexity index is 742. The highest BCUT2D eigenvalue weighted by atomic mass is 16.5. The Kier molecular flexibility index (Phi) is 5.33. The second-order valence-corrected chi connectivity index (χ2v) is 6.36. The normalized spacial score (nSPS) is 14.6. The molecule has 0 aromatic heterocycles. The van der Waals surface area contributed by atoms with Gasteiger partial charge in [0.15, 0.2) is 0 Å². The number of rotatable bonds is 8. The predicted molar refractivity (Wildman–Crippen MR) is 94.8 cm³/mol. The average molecular weight is 338 g/mol. The molecule has 25 heavy (non-hydrogen) atoms. The van der Waals surface area contributed by atoms with E-state index in [1.54, 1.807) is 0 Å². The number of ether oxygens (including phenoxy) is 1. The van der Waals surface area contributed by atoms with Crippen molar-refractivity contribution in [1.82, 2.24) is 5.32 Å². The first kappa shape index (κ1) is 17.0. The summed E-state index contributed by atoms with van der Waals surface area (Å²) in [4.78, 5) is 23.5. The van der Waals surface area contributed by atoms with Crippen LogP contribution in [-0.4, -0.2) is 17.9 Å². The van der Waals surface area contributed by atoms with Crippen molar-refractivity contribution >= 4 is 11.8 Å². The van der Waals surface area contributed by atoms with E-state index in [4.69, 9.17) is 10.5 Å². The maximum absolute atomic E-state index is 11.9. The molecule has 1 aliphatic rings. The molecule has 1 fully saturated rings. The van der Waals surface area contributed by atoms with Crippen LogP contribution in [0, 0.1) is 5.92 Å². The molecule has 2 aromatic rings. The largest absolute Gasteiger partial charge is 0.489 e. The number of hydrogen-bond acceptors (Lipinski definition) is 3. The molecule has 5 nitrogen and oxygen atoms in total. The third-order valence-electron chi connectivity index (χ3n) is 4.19. The van der Waals surface area contributed by atoms with Crippen LogP contribution in [-0.2, 0) is 22.6 Å². The summed E-state index contributed by atoms with van der Waals surface area (Å²) in [6, 6.07) is 16.7. The van der Waals surface area contributed by atoms with Gasteiger partial charge in [0.2, 0.25) is 11.8 Å². The first-order chi connectivity index (χ1) is 12.1. The van der Waals surface area contributed by atoms with Gasteiger partial charge in [-0.3, -0.25) is 9.59 Å². The van der Waals surface area contributed by atoms with E-state index < -0.39 is 11.9 Å². The number of carbonyl (C=O) groups excluding carboxylic acids is 2. The molecule has 0 saturated heterocycles. The molecule has 0 bridgehead atoms. The Hall–Kier alpha value is -2.82. The molecule has 3 N–H and O–H groups in total. The van der Waals surface area contributed by atoms with E-state index in [0.29, 0.717) is 13.0 Å². The molecule has 1 aliphatic carbocycles. The fourth-order valence-electron chi connectivity index (χ4n) is 2.60. The number of benzene rings is 2. The van der Waals surface area contributed by atoms with Crippen LogP contribution in [0.3, 0.4) is 0 Å². The summed E-state index contributed by atoms with van der Waals surface area (Å²) in [5.41, 5.74) is 7.42. The van der Waals surface area contributed by atoms with Crippen LogP contribution in [0.15, 0.2) is 54.6 Å². The molecule has 0 heterocycles. The van der Waals surface area contributed by atoms with E-state index in [1.165, 1.54) is 0 Å². The summed E-state index contributed by atoms with van der Waals surface area (Å²) in [5.74, 6) is 0.158. The van der Waals surface area contributed by atoms with Crippen LogP contribution in [0.1, 0.15) is 24.0 Å². The Labute approximate surface area is 147 Å². The Morgan fingerprint density at radius 3 is 2.48 bits per heavy atom. The molecule has 2 amide bonds. The molecule has 5 heteroatoms. The third kappa shape index (κ3) is 5.08. The van der Waals surface area contributed by atoms with E-state index in [0.717, 1.165) is 29.7 Å². The van der Waals surface area contributed by atoms with E-state index in [-0.39, 0.29) is 11.8 Å².